The van der Waals surface area contributed by atoms with Crippen LogP contribution in [0.3, 0.4) is 0 Å². The first-order valence-corrected chi connectivity index (χ1v) is 7.04. The fraction of sp³-hybridized carbons (Fsp3) is 0.533. The quantitative estimate of drug-likeness (QED) is 0.720. The van der Waals surface area contributed by atoms with E-state index in [1.54, 1.807) is 0 Å². The third-order valence-corrected chi connectivity index (χ3v) is 3.32. The molecule has 0 atom stereocenters. The topological polar surface area (TPSA) is 28.7 Å². The molecule has 0 fully saturated rings. The molecule has 0 aliphatic heterocycles. The number of benzene rings is 1. The highest BCUT2D eigenvalue weighted by molar-refractivity contribution is 5.75. The minimum Gasteiger partial charge on any atom is -0.342 e. The number of nitrogens with zero attached hydrogens (tertiary/aromatic N) is 1. The predicted octanol–water partition coefficient (Wildman–Crippen LogP) is 4.74. The second-order valence-corrected chi connectivity index (χ2v) is 4.99. The zero-order chi connectivity index (χ0) is 13.7. The van der Waals surface area contributed by atoms with Crippen molar-refractivity contribution in [3.05, 3.63) is 29.6 Å². The van der Waals surface area contributed by atoms with Crippen molar-refractivity contribution in [3.8, 4) is 0 Å². The summed E-state index contributed by atoms with van der Waals surface area (Å²) < 4.78 is 26.5. The molecule has 0 radical (unpaired) electrons. The van der Waals surface area contributed by atoms with E-state index in [1.165, 1.54) is 31.7 Å². The lowest BCUT2D eigenvalue weighted by molar-refractivity contribution is 0.590. The Morgan fingerprint density at radius 1 is 1.05 bits per heavy atom. The van der Waals surface area contributed by atoms with Crippen LogP contribution in [-0.2, 0) is 6.42 Å². The van der Waals surface area contributed by atoms with E-state index in [4.69, 9.17) is 0 Å². The number of halogens is 2. The fourth-order valence-electron chi connectivity index (χ4n) is 2.28. The summed E-state index contributed by atoms with van der Waals surface area (Å²) in [6.07, 6.45) is 8.03. The Morgan fingerprint density at radius 2 is 1.79 bits per heavy atom. The molecule has 0 saturated heterocycles. The highest BCUT2D eigenvalue weighted by atomic mass is 19.1. The molecule has 2 aromatic rings. The van der Waals surface area contributed by atoms with E-state index in [2.05, 4.69) is 16.9 Å². The number of fused-ring (bicyclic) bond motifs is 1. The van der Waals surface area contributed by atoms with E-state index >= 15 is 0 Å². The van der Waals surface area contributed by atoms with E-state index in [0.717, 1.165) is 31.2 Å². The molecule has 1 heterocycles. The average molecular weight is 266 g/mol. The average Bonchev–Trinajstić information content (AvgIpc) is 2.76. The Balaban J connectivity index is 1.89. The van der Waals surface area contributed by atoms with Crippen molar-refractivity contribution in [1.82, 2.24) is 9.97 Å². The molecule has 104 valence electrons. The second-order valence-electron chi connectivity index (χ2n) is 4.99. The molecule has 0 bridgehead atoms. The first-order valence-electron chi connectivity index (χ1n) is 7.04. The summed E-state index contributed by atoms with van der Waals surface area (Å²) in [5.74, 6) is -0.421. The van der Waals surface area contributed by atoms with Crippen LogP contribution in [0.5, 0.6) is 0 Å². The lowest BCUT2D eigenvalue weighted by Crippen LogP contribution is -1.88. The molecule has 1 aromatic heterocycles. The third-order valence-electron chi connectivity index (χ3n) is 3.32. The Kier molecular flexibility index (Phi) is 4.88. The number of aromatic nitrogens is 2. The van der Waals surface area contributed by atoms with Crippen LogP contribution in [0, 0.1) is 11.6 Å². The number of nitrogens with one attached hydrogen (secondary N) is 1. The van der Waals surface area contributed by atoms with Gasteiger partial charge in [0.05, 0.1) is 5.52 Å². The summed E-state index contributed by atoms with van der Waals surface area (Å²) in [6, 6.07) is 2.16. The largest absolute Gasteiger partial charge is 0.342 e. The van der Waals surface area contributed by atoms with Crippen LogP contribution in [0.25, 0.3) is 11.0 Å². The molecule has 19 heavy (non-hydrogen) atoms. The molecule has 2 nitrogen and oxygen atoms in total. The molecule has 0 aliphatic rings. The molecule has 1 N–H and O–H groups in total. The van der Waals surface area contributed by atoms with Crippen molar-refractivity contribution in [2.45, 2.75) is 51.9 Å². The number of unbranched alkanes of at least 4 members (excludes halogenated alkanes) is 5. The number of hydrogen-bond donors (Lipinski definition) is 1. The van der Waals surface area contributed by atoms with E-state index in [0.29, 0.717) is 5.52 Å². The molecule has 0 spiro atoms. The summed E-state index contributed by atoms with van der Waals surface area (Å²) in [7, 11) is 0. The number of rotatable bonds is 7. The van der Waals surface area contributed by atoms with E-state index in [9.17, 15) is 8.78 Å². The first kappa shape index (κ1) is 14.0. The lowest BCUT2D eigenvalue weighted by Gasteiger charge is -1.98. The molecule has 2 rings (SSSR count). The Morgan fingerprint density at radius 3 is 2.58 bits per heavy atom. The van der Waals surface area contributed by atoms with E-state index in [1.807, 2.05) is 0 Å². The lowest BCUT2D eigenvalue weighted by atomic mass is 10.1. The van der Waals surface area contributed by atoms with Gasteiger partial charge in [-0.1, -0.05) is 39.0 Å². The minimum atomic E-state index is -0.597. The molecule has 0 unspecified atom stereocenters. The normalized spacial score (nSPS) is 11.3. The SMILES string of the molecule is CCCCCCCCc1nc2c(F)cc(F)cc2[nH]1. The summed E-state index contributed by atoms with van der Waals surface area (Å²) in [5, 5.41) is 0. The molecule has 0 saturated carbocycles. The summed E-state index contributed by atoms with van der Waals surface area (Å²) in [5.41, 5.74) is 0.681. The van der Waals surface area contributed by atoms with Gasteiger partial charge in [0.1, 0.15) is 17.2 Å². The molecule has 0 aliphatic carbocycles. The van der Waals surface area contributed by atoms with Gasteiger partial charge in [0.15, 0.2) is 5.82 Å². The first-order chi connectivity index (χ1) is 9.20. The van der Waals surface area contributed by atoms with Crippen LogP contribution in [0.15, 0.2) is 12.1 Å². The van der Waals surface area contributed by atoms with E-state index in [-0.39, 0.29) is 5.52 Å². The third kappa shape index (κ3) is 3.75. The van der Waals surface area contributed by atoms with Crippen LogP contribution in [0.4, 0.5) is 8.78 Å². The van der Waals surface area contributed by atoms with Crippen LogP contribution >= 0.6 is 0 Å². The standard InChI is InChI=1S/C15H20F2N2/c1-2-3-4-5-6-7-8-14-18-13-10-11(16)9-12(17)15(13)19-14/h9-10H,2-8H2,1H3,(H,18,19). The van der Waals surface area contributed by atoms with Gasteiger partial charge in [-0.15, -0.1) is 0 Å². The van der Waals surface area contributed by atoms with Gasteiger partial charge in [0.25, 0.3) is 0 Å². The zero-order valence-electron chi connectivity index (χ0n) is 11.3. The number of imidazole rings is 1. The van der Waals surface area contributed by atoms with Gasteiger partial charge in [-0.05, 0) is 12.5 Å². The van der Waals surface area contributed by atoms with Crippen molar-refractivity contribution < 1.29 is 8.78 Å². The van der Waals surface area contributed by atoms with Gasteiger partial charge in [-0.25, -0.2) is 13.8 Å². The minimum absolute atomic E-state index is 0.238. The molecular formula is C15H20F2N2. The number of aryl methyl sites for hydroxylation is 1. The molecule has 4 heteroatoms. The maximum absolute atomic E-state index is 13.5. The summed E-state index contributed by atoms with van der Waals surface area (Å²) in [6.45, 7) is 2.20. The van der Waals surface area contributed by atoms with Gasteiger partial charge in [0.2, 0.25) is 0 Å². The number of hydrogen-bond acceptors (Lipinski definition) is 1. The van der Waals surface area contributed by atoms with Crippen molar-refractivity contribution in [2.75, 3.05) is 0 Å². The maximum Gasteiger partial charge on any atom is 0.153 e. The van der Waals surface area contributed by atoms with Gasteiger partial charge < -0.3 is 4.98 Å². The van der Waals surface area contributed by atoms with Crippen LogP contribution in [0.1, 0.15) is 51.3 Å². The summed E-state index contributed by atoms with van der Waals surface area (Å²) in [4.78, 5) is 7.18. The molecular weight excluding hydrogens is 246 g/mol. The van der Waals surface area contributed by atoms with E-state index < -0.39 is 11.6 Å². The van der Waals surface area contributed by atoms with Crippen LogP contribution in [-0.4, -0.2) is 9.97 Å². The highest BCUT2D eigenvalue weighted by Gasteiger charge is 2.09. The van der Waals surface area contributed by atoms with Crippen LogP contribution < -0.4 is 0 Å². The highest BCUT2D eigenvalue weighted by Crippen LogP contribution is 2.18. The monoisotopic (exact) mass is 266 g/mol. The van der Waals surface area contributed by atoms with Gasteiger partial charge in [-0.2, -0.15) is 0 Å². The number of H-pyrrole nitrogens is 1. The molecule has 1 aromatic carbocycles. The Bertz CT molecular complexity index is 534. The smallest absolute Gasteiger partial charge is 0.153 e. The predicted molar refractivity (Wildman–Crippen MR) is 73.1 cm³/mol. The van der Waals surface area contributed by atoms with Gasteiger partial charge >= 0.3 is 0 Å². The second kappa shape index (κ2) is 6.64. The van der Waals surface area contributed by atoms with Crippen molar-refractivity contribution in [3.63, 3.8) is 0 Å². The fourth-order valence-corrected chi connectivity index (χ4v) is 2.28. The van der Waals surface area contributed by atoms with Crippen molar-refractivity contribution in [2.24, 2.45) is 0 Å². The van der Waals surface area contributed by atoms with Gasteiger partial charge in [-0.3, -0.25) is 0 Å². The summed E-state index contributed by atoms with van der Waals surface area (Å²) >= 11 is 0. The zero-order valence-corrected chi connectivity index (χ0v) is 11.3. The van der Waals surface area contributed by atoms with Crippen molar-refractivity contribution in [1.29, 1.82) is 0 Å². The molecule has 0 amide bonds. The van der Waals surface area contributed by atoms with Crippen molar-refractivity contribution >= 4 is 11.0 Å². The Hall–Kier alpha value is -1.45. The van der Waals surface area contributed by atoms with Gasteiger partial charge in [0, 0.05) is 12.5 Å². The maximum atomic E-state index is 13.5. The Labute approximate surface area is 112 Å². The van der Waals surface area contributed by atoms with Crippen LogP contribution in [0.2, 0.25) is 0 Å². The number of aromatic amines is 1.